The lowest BCUT2D eigenvalue weighted by atomic mass is 10.0. The number of carbonyl (C=O) groups is 3. The number of rotatable bonds is 55. The maximum absolute atomic E-state index is 12.8. The van der Waals surface area contributed by atoms with Crippen LogP contribution in [-0.2, 0) is 28.6 Å². The number of unbranched alkanes of at least 4 members (excludes halogenated alkanes) is 26. The normalized spacial score (nSPS) is 12.9. The maximum Gasteiger partial charge on any atom is 0.306 e. The van der Waals surface area contributed by atoms with E-state index in [0.717, 1.165) is 128 Å². The zero-order valence-corrected chi connectivity index (χ0v) is 48.3. The number of ether oxygens (including phenoxy) is 3. The minimum absolute atomic E-state index is 0.0849. The highest BCUT2D eigenvalue weighted by atomic mass is 16.6. The van der Waals surface area contributed by atoms with Gasteiger partial charge in [0.05, 0.1) is 0 Å². The third-order valence-corrected chi connectivity index (χ3v) is 13.0. The second-order valence-electron chi connectivity index (χ2n) is 20.2. The van der Waals surface area contributed by atoms with E-state index in [1.807, 2.05) is 0 Å². The molecule has 0 radical (unpaired) electrons. The maximum atomic E-state index is 12.8. The van der Waals surface area contributed by atoms with Gasteiger partial charge in [0.15, 0.2) is 6.10 Å². The summed E-state index contributed by atoms with van der Waals surface area (Å²) in [6, 6.07) is 0. The minimum atomic E-state index is -0.786. The number of hydrogen-bond acceptors (Lipinski definition) is 6. The Kier molecular flexibility index (Phi) is 58.3. The van der Waals surface area contributed by atoms with Gasteiger partial charge in [0.2, 0.25) is 0 Å². The van der Waals surface area contributed by atoms with Gasteiger partial charge in [0.25, 0.3) is 0 Å². The summed E-state index contributed by atoms with van der Waals surface area (Å²) in [6.45, 7) is 6.44. The Morgan fingerprint density at radius 1 is 0.284 bits per heavy atom. The van der Waals surface area contributed by atoms with Crippen LogP contribution in [0.5, 0.6) is 0 Å². The molecule has 1 unspecified atom stereocenters. The highest BCUT2D eigenvalue weighted by molar-refractivity contribution is 5.71. The van der Waals surface area contributed by atoms with Crippen molar-refractivity contribution in [2.45, 2.75) is 290 Å². The van der Waals surface area contributed by atoms with Gasteiger partial charge in [-0.15, -0.1) is 0 Å². The Balaban J connectivity index is 4.15. The number of hydrogen-bond donors (Lipinski definition) is 0. The molecule has 6 nitrogen and oxygen atoms in total. The van der Waals surface area contributed by atoms with Crippen molar-refractivity contribution in [3.05, 3.63) is 109 Å². The van der Waals surface area contributed by atoms with E-state index in [4.69, 9.17) is 14.2 Å². The molecule has 0 amide bonds. The van der Waals surface area contributed by atoms with Gasteiger partial charge in [-0.05, 0) is 122 Å². The van der Waals surface area contributed by atoms with Crippen molar-refractivity contribution < 1.29 is 28.6 Å². The number of esters is 3. The Morgan fingerprint density at radius 2 is 0.554 bits per heavy atom. The van der Waals surface area contributed by atoms with E-state index in [-0.39, 0.29) is 31.1 Å². The standard InChI is InChI=1S/C68H114O6/c1-4-7-10-13-16-19-22-24-25-26-27-28-29-30-31-32-33-34-35-36-37-38-39-40-41-42-43-45-46-49-52-55-58-61-67(70)73-64-65(63-72-66(69)60-57-54-51-48-21-18-15-12-9-6-3)74-68(71)62-59-56-53-50-47-44-23-20-17-14-11-8-5-2/h7,10,12,15-16,19-20,23-25,27-28,30-31,33-34,36-37,65H,4-6,8-9,11,13-14,17-18,21-22,26,29,32,35,38-64H2,1-3H3/b10-7-,15-12-,19-16-,23-20-,25-24-,28-27-,31-30-,34-33-,37-36-. The Morgan fingerprint density at radius 3 is 0.892 bits per heavy atom. The first-order valence-electron chi connectivity index (χ1n) is 30.9. The van der Waals surface area contributed by atoms with E-state index in [2.05, 4.69) is 130 Å². The quantitative estimate of drug-likeness (QED) is 0.0261. The van der Waals surface area contributed by atoms with Crippen molar-refractivity contribution in [1.82, 2.24) is 0 Å². The first-order chi connectivity index (χ1) is 36.5. The fourth-order valence-corrected chi connectivity index (χ4v) is 8.36. The molecule has 0 aliphatic rings. The van der Waals surface area contributed by atoms with Crippen LogP contribution in [0, 0.1) is 0 Å². The average molecular weight is 1030 g/mol. The van der Waals surface area contributed by atoms with Crippen molar-refractivity contribution in [2.75, 3.05) is 13.2 Å². The van der Waals surface area contributed by atoms with Gasteiger partial charge in [-0.2, -0.15) is 0 Å². The van der Waals surface area contributed by atoms with Crippen molar-refractivity contribution in [2.24, 2.45) is 0 Å². The molecule has 0 saturated heterocycles. The minimum Gasteiger partial charge on any atom is -0.462 e. The molecule has 6 heteroatoms. The largest absolute Gasteiger partial charge is 0.462 e. The summed E-state index contributed by atoms with van der Waals surface area (Å²) >= 11 is 0. The smallest absolute Gasteiger partial charge is 0.306 e. The molecule has 0 aliphatic carbocycles. The van der Waals surface area contributed by atoms with Crippen LogP contribution in [0.3, 0.4) is 0 Å². The highest BCUT2D eigenvalue weighted by Crippen LogP contribution is 2.15. The monoisotopic (exact) mass is 1030 g/mol. The Bertz CT molecular complexity index is 1510. The van der Waals surface area contributed by atoms with Gasteiger partial charge in [0, 0.05) is 19.3 Å². The molecule has 0 aromatic carbocycles. The zero-order valence-electron chi connectivity index (χ0n) is 48.3. The van der Waals surface area contributed by atoms with E-state index in [1.54, 1.807) is 0 Å². The molecule has 74 heavy (non-hydrogen) atoms. The molecule has 422 valence electrons. The van der Waals surface area contributed by atoms with Crippen LogP contribution in [0.25, 0.3) is 0 Å². The van der Waals surface area contributed by atoms with E-state index in [9.17, 15) is 14.4 Å². The van der Waals surface area contributed by atoms with Crippen molar-refractivity contribution in [1.29, 1.82) is 0 Å². The first-order valence-corrected chi connectivity index (χ1v) is 30.9. The third kappa shape index (κ3) is 59.0. The van der Waals surface area contributed by atoms with Crippen LogP contribution in [0.4, 0.5) is 0 Å². The molecule has 0 aromatic rings. The van der Waals surface area contributed by atoms with Gasteiger partial charge < -0.3 is 14.2 Å². The summed E-state index contributed by atoms with van der Waals surface area (Å²) in [7, 11) is 0. The van der Waals surface area contributed by atoms with Crippen LogP contribution >= 0.6 is 0 Å². The summed E-state index contributed by atoms with van der Waals surface area (Å²) in [5.74, 6) is -0.905. The van der Waals surface area contributed by atoms with Crippen LogP contribution < -0.4 is 0 Å². The highest BCUT2D eigenvalue weighted by Gasteiger charge is 2.19. The van der Waals surface area contributed by atoms with Crippen LogP contribution in [0.2, 0.25) is 0 Å². The molecule has 1 atom stereocenters. The topological polar surface area (TPSA) is 78.9 Å². The zero-order chi connectivity index (χ0) is 53.6. The van der Waals surface area contributed by atoms with Gasteiger partial charge in [0.1, 0.15) is 13.2 Å². The SMILES string of the molecule is CC/C=C\C/C=C\C/C=C\C/C=C\C/C=C\C/C=C\C/C=C\CCCCCCCCCCCCCC(=O)OCC(COC(=O)CCCCCCC/C=C\CCC)OC(=O)CCCCCCC/C=C\CCCCCC. The molecule has 0 bridgehead atoms. The van der Waals surface area contributed by atoms with Crippen LogP contribution in [0.1, 0.15) is 284 Å². The van der Waals surface area contributed by atoms with Gasteiger partial charge in [-0.3, -0.25) is 14.4 Å². The average Bonchev–Trinajstić information content (AvgIpc) is 3.40. The van der Waals surface area contributed by atoms with Crippen LogP contribution in [0.15, 0.2) is 109 Å². The van der Waals surface area contributed by atoms with E-state index < -0.39 is 6.10 Å². The Labute approximate surface area is 457 Å². The lowest BCUT2D eigenvalue weighted by Crippen LogP contribution is -2.30. The molecular weight excluding hydrogens is 913 g/mol. The predicted octanol–water partition coefficient (Wildman–Crippen LogP) is 21.0. The first kappa shape index (κ1) is 70.1. The predicted molar refractivity (Wildman–Crippen MR) is 320 cm³/mol. The lowest BCUT2D eigenvalue weighted by molar-refractivity contribution is -0.167. The van der Waals surface area contributed by atoms with E-state index in [0.29, 0.717) is 19.3 Å². The summed E-state index contributed by atoms with van der Waals surface area (Å²) in [5, 5.41) is 0. The summed E-state index contributed by atoms with van der Waals surface area (Å²) in [5.41, 5.74) is 0. The second kappa shape index (κ2) is 61.6. The number of carbonyl (C=O) groups excluding carboxylic acids is 3. The van der Waals surface area contributed by atoms with Gasteiger partial charge in [-0.25, -0.2) is 0 Å². The molecular formula is C68H114O6. The summed E-state index contributed by atoms with van der Waals surface area (Å²) in [6.07, 6.45) is 83.9. The van der Waals surface area contributed by atoms with E-state index >= 15 is 0 Å². The van der Waals surface area contributed by atoms with Crippen molar-refractivity contribution in [3.8, 4) is 0 Å². The van der Waals surface area contributed by atoms with E-state index in [1.165, 1.54) is 116 Å². The molecule has 0 aliphatic heterocycles. The molecule has 0 aromatic heterocycles. The molecule has 0 N–H and O–H groups in total. The molecule has 0 rings (SSSR count). The molecule has 0 fully saturated rings. The van der Waals surface area contributed by atoms with Crippen molar-refractivity contribution in [3.63, 3.8) is 0 Å². The summed E-state index contributed by atoms with van der Waals surface area (Å²) in [4.78, 5) is 38.1. The van der Waals surface area contributed by atoms with Gasteiger partial charge >= 0.3 is 17.9 Å². The number of allylic oxidation sites excluding steroid dienone is 18. The Hall–Kier alpha value is -3.93. The fourth-order valence-electron chi connectivity index (χ4n) is 8.36. The summed E-state index contributed by atoms with van der Waals surface area (Å²) < 4.78 is 16.8. The second-order valence-corrected chi connectivity index (χ2v) is 20.2. The van der Waals surface area contributed by atoms with Crippen LogP contribution in [-0.4, -0.2) is 37.2 Å². The third-order valence-electron chi connectivity index (χ3n) is 13.0. The van der Waals surface area contributed by atoms with Crippen molar-refractivity contribution >= 4 is 17.9 Å². The van der Waals surface area contributed by atoms with Gasteiger partial charge in [-0.1, -0.05) is 252 Å². The molecule has 0 saturated carbocycles. The molecule has 0 heterocycles. The molecule has 0 spiro atoms. The fraction of sp³-hybridized carbons (Fsp3) is 0.691. The lowest BCUT2D eigenvalue weighted by Gasteiger charge is -2.18.